The molecule has 0 saturated heterocycles. The van der Waals surface area contributed by atoms with Crippen molar-refractivity contribution in [1.29, 1.82) is 0 Å². The summed E-state index contributed by atoms with van der Waals surface area (Å²) in [5, 5.41) is 0. The fraction of sp³-hybridized carbons (Fsp3) is 0.898. The van der Waals surface area contributed by atoms with Gasteiger partial charge in [0.2, 0.25) is 0 Å². The lowest BCUT2D eigenvalue weighted by Gasteiger charge is -2.24. The molecule has 1 N–H and O–H groups in total. The van der Waals surface area contributed by atoms with Crippen LogP contribution in [0.4, 0.5) is 0 Å². The van der Waals surface area contributed by atoms with Crippen LogP contribution in [0.15, 0.2) is 24.3 Å². The molecule has 0 aliphatic rings. The number of likely N-dealkylation sites (N-methyl/N-ethyl adjacent to an activating group) is 1. The number of hydrogen-bond acceptors (Lipinski definition) is 7. The van der Waals surface area contributed by atoms with E-state index in [1.165, 1.54) is 218 Å². The lowest BCUT2D eigenvalue weighted by atomic mass is 10.0. The fourth-order valence-electron chi connectivity index (χ4n) is 8.64. The maximum Gasteiger partial charge on any atom is 0.472 e. The minimum atomic E-state index is -4.38. The number of phosphoric ester groups is 1. The van der Waals surface area contributed by atoms with Gasteiger partial charge in [-0.3, -0.25) is 18.6 Å². The highest BCUT2D eigenvalue weighted by Crippen LogP contribution is 2.43. The van der Waals surface area contributed by atoms with Crippen molar-refractivity contribution in [2.75, 3.05) is 47.5 Å². The maximum atomic E-state index is 12.8. The summed E-state index contributed by atoms with van der Waals surface area (Å²) in [6.07, 6.45) is 61.0. The summed E-state index contributed by atoms with van der Waals surface area (Å²) in [6, 6.07) is 0. The smallest absolute Gasteiger partial charge is 0.462 e. The van der Waals surface area contributed by atoms with Crippen LogP contribution in [0.25, 0.3) is 0 Å². The molecule has 0 aliphatic carbocycles. The molecule has 0 aromatic heterocycles. The largest absolute Gasteiger partial charge is 0.472 e. The predicted molar refractivity (Wildman–Crippen MR) is 294 cm³/mol. The number of quaternary nitrogens is 1. The number of esters is 2. The van der Waals surface area contributed by atoms with E-state index in [1.54, 1.807) is 0 Å². The Morgan fingerprint density at radius 2 is 0.783 bits per heavy atom. The van der Waals surface area contributed by atoms with E-state index < -0.39 is 26.5 Å². The number of carbonyl (C=O) groups is 2. The van der Waals surface area contributed by atoms with Crippen molar-refractivity contribution in [3.8, 4) is 0 Å². The highest BCUT2D eigenvalue weighted by molar-refractivity contribution is 7.47. The van der Waals surface area contributed by atoms with Crippen LogP contribution in [-0.4, -0.2) is 74.9 Å². The van der Waals surface area contributed by atoms with E-state index in [9.17, 15) is 19.0 Å². The van der Waals surface area contributed by atoms with Gasteiger partial charge in [-0.15, -0.1) is 0 Å². The molecule has 0 aromatic rings. The van der Waals surface area contributed by atoms with Gasteiger partial charge >= 0.3 is 19.8 Å². The van der Waals surface area contributed by atoms with Gasteiger partial charge in [0.05, 0.1) is 27.7 Å². The number of unbranched alkanes of at least 4 members (excludes halogenated alkanes) is 37. The number of nitrogens with zero attached hydrogens (tertiary/aromatic N) is 1. The zero-order valence-corrected chi connectivity index (χ0v) is 47.2. The van der Waals surface area contributed by atoms with E-state index in [0.29, 0.717) is 23.9 Å². The number of phosphoric acid groups is 1. The van der Waals surface area contributed by atoms with Gasteiger partial charge in [-0.05, 0) is 44.9 Å². The molecule has 0 rings (SSSR count). The first-order valence-electron chi connectivity index (χ1n) is 29.6. The van der Waals surface area contributed by atoms with Crippen LogP contribution in [0.1, 0.15) is 290 Å². The third kappa shape index (κ3) is 55.7. The number of hydrogen-bond donors (Lipinski definition) is 1. The van der Waals surface area contributed by atoms with E-state index in [1.807, 2.05) is 21.1 Å². The topological polar surface area (TPSA) is 108 Å². The summed E-state index contributed by atoms with van der Waals surface area (Å²) < 4.78 is 34.6. The summed E-state index contributed by atoms with van der Waals surface area (Å²) in [6.45, 7) is 4.48. The average Bonchev–Trinajstić information content (AvgIpc) is 3.31. The monoisotopic (exact) mass is 997 g/mol. The van der Waals surface area contributed by atoms with Crippen molar-refractivity contribution in [2.24, 2.45) is 0 Å². The van der Waals surface area contributed by atoms with Gasteiger partial charge in [0.25, 0.3) is 0 Å². The Hall–Kier alpha value is -1.51. The van der Waals surface area contributed by atoms with Crippen molar-refractivity contribution in [2.45, 2.75) is 296 Å². The van der Waals surface area contributed by atoms with Crippen LogP contribution in [-0.2, 0) is 32.7 Å². The van der Waals surface area contributed by atoms with Crippen LogP contribution in [0.3, 0.4) is 0 Å². The number of carbonyl (C=O) groups excluding carboxylic acids is 2. The van der Waals surface area contributed by atoms with Crippen LogP contribution < -0.4 is 0 Å². The Labute approximate surface area is 428 Å². The van der Waals surface area contributed by atoms with Crippen LogP contribution >= 0.6 is 7.82 Å². The molecule has 0 saturated carbocycles. The van der Waals surface area contributed by atoms with E-state index in [2.05, 4.69) is 38.2 Å². The zero-order valence-electron chi connectivity index (χ0n) is 46.3. The Balaban J connectivity index is 4.10. The first-order valence-corrected chi connectivity index (χ1v) is 31.1. The summed E-state index contributed by atoms with van der Waals surface area (Å²) in [7, 11) is 1.49. The molecule has 408 valence electrons. The lowest BCUT2D eigenvalue weighted by Crippen LogP contribution is -2.37. The van der Waals surface area contributed by atoms with Crippen molar-refractivity contribution in [1.82, 2.24) is 0 Å². The van der Waals surface area contributed by atoms with E-state index in [0.717, 1.165) is 38.5 Å². The Kier molecular flexibility index (Phi) is 50.3. The highest BCUT2D eigenvalue weighted by Gasteiger charge is 2.27. The molecule has 10 heteroatoms. The van der Waals surface area contributed by atoms with Crippen LogP contribution in [0.5, 0.6) is 0 Å². The van der Waals surface area contributed by atoms with Gasteiger partial charge in [-0.1, -0.05) is 256 Å². The summed E-state index contributed by atoms with van der Waals surface area (Å²) in [5.41, 5.74) is 0. The number of ether oxygens (including phenoxy) is 2. The van der Waals surface area contributed by atoms with Gasteiger partial charge in [-0.25, -0.2) is 4.57 Å². The minimum absolute atomic E-state index is 0.0349. The minimum Gasteiger partial charge on any atom is -0.462 e. The Bertz CT molecular complexity index is 1220. The molecule has 0 fully saturated rings. The maximum absolute atomic E-state index is 12.8. The van der Waals surface area contributed by atoms with E-state index >= 15 is 0 Å². The van der Waals surface area contributed by atoms with Crippen molar-refractivity contribution in [3.63, 3.8) is 0 Å². The molecule has 0 aliphatic heterocycles. The van der Waals surface area contributed by atoms with Gasteiger partial charge in [0.15, 0.2) is 6.10 Å². The summed E-state index contributed by atoms with van der Waals surface area (Å²) in [4.78, 5) is 35.7. The van der Waals surface area contributed by atoms with Gasteiger partial charge in [-0.2, -0.15) is 0 Å². The Morgan fingerprint density at radius 1 is 0.449 bits per heavy atom. The standard InChI is InChI=1S/C59H114NO8P/c1-6-8-10-12-14-16-18-20-22-24-26-27-28-29-30-31-32-33-34-36-38-40-42-44-46-48-50-52-59(62)68-57(56-67-69(63,64)66-54-53-60(3,4)5)55-65-58(61)51-49-47-45-43-41-39-37-35-25-23-21-19-17-15-13-11-9-7-2/h18,20,24,26,57H,6-17,19,21-23,25,27-56H2,1-5H3/p+1/b20-18-,26-24-. The molecule has 0 radical (unpaired) electrons. The van der Waals surface area contributed by atoms with Crippen molar-refractivity contribution < 1.29 is 42.1 Å². The first kappa shape index (κ1) is 67.5. The second-order valence-electron chi connectivity index (χ2n) is 21.4. The number of allylic oxidation sites excluding steroid dienone is 4. The van der Waals surface area contributed by atoms with Crippen LogP contribution in [0.2, 0.25) is 0 Å². The molecular weight excluding hydrogens is 882 g/mol. The molecule has 0 spiro atoms. The van der Waals surface area contributed by atoms with Crippen molar-refractivity contribution >= 4 is 19.8 Å². The molecule has 0 aromatic carbocycles. The quantitative estimate of drug-likeness (QED) is 0.0211. The second-order valence-corrected chi connectivity index (χ2v) is 22.8. The normalized spacial score (nSPS) is 13.4. The van der Waals surface area contributed by atoms with Gasteiger partial charge < -0.3 is 18.9 Å². The summed E-state index contributed by atoms with van der Waals surface area (Å²) in [5.74, 6) is -0.780. The molecule has 9 nitrogen and oxygen atoms in total. The SMILES string of the molecule is CCCCCCC/C=C\C/C=C\CCCCCCCCCCCCCCCCCC(=O)OC(COC(=O)CCCCCCCCCCCCCCCCCCCC)COP(=O)(O)OCC[N+](C)(C)C. The molecule has 0 amide bonds. The average molecular weight is 998 g/mol. The molecule has 2 atom stereocenters. The highest BCUT2D eigenvalue weighted by atomic mass is 31.2. The molecule has 2 unspecified atom stereocenters. The Morgan fingerprint density at radius 3 is 1.14 bits per heavy atom. The third-order valence-electron chi connectivity index (χ3n) is 13.2. The first-order chi connectivity index (χ1) is 33.5. The van der Waals surface area contributed by atoms with Crippen molar-refractivity contribution in [3.05, 3.63) is 24.3 Å². The van der Waals surface area contributed by atoms with E-state index in [4.69, 9.17) is 18.5 Å². The number of rotatable bonds is 55. The fourth-order valence-corrected chi connectivity index (χ4v) is 9.38. The molecular formula is C59H115NO8P+. The lowest BCUT2D eigenvalue weighted by molar-refractivity contribution is -0.870. The zero-order chi connectivity index (χ0) is 50.6. The van der Waals surface area contributed by atoms with E-state index in [-0.39, 0.29) is 25.6 Å². The van der Waals surface area contributed by atoms with Crippen LogP contribution in [0, 0.1) is 0 Å². The molecule has 0 heterocycles. The predicted octanol–water partition coefficient (Wildman–Crippen LogP) is 18.2. The van der Waals surface area contributed by atoms with Gasteiger partial charge in [0.1, 0.15) is 19.8 Å². The molecule has 69 heavy (non-hydrogen) atoms. The third-order valence-corrected chi connectivity index (χ3v) is 14.2. The van der Waals surface area contributed by atoms with Gasteiger partial charge in [0, 0.05) is 12.8 Å². The second kappa shape index (κ2) is 51.4. The summed E-state index contributed by atoms with van der Waals surface area (Å²) >= 11 is 0. The molecule has 0 bridgehead atoms.